The topological polar surface area (TPSA) is 55.2 Å². The molecule has 0 aliphatic rings. The third-order valence-electron chi connectivity index (χ3n) is 6.28. The summed E-state index contributed by atoms with van der Waals surface area (Å²) < 4.78 is 16.2. The standard InChI is InChI=1S/C29H30FN3O2/c1-3-4-12-19-32(28(34)23-15-8-10-17-25(23)30)21(2)27-31-26-18-11-9-16-24(26)29(35)33(27)20-22-13-6-5-7-14-22/h5-11,13-18,21H,3-4,12,19-20H2,1-2H3. The zero-order valence-corrected chi connectivity index (χ0v) is 20.2. The minimum atomic E-state index is -0.557. The Balaban J connectivity index is 1.83. The van der Waals surface area contributed by atoms with Crippen LogP contribution < -0.4 is 5.56 Å². The predicted molar refractivity (Wildman–Crippen MR) is 137 cm³/mol. The van der Waals surface area contributed by atoms with Crippen LogP contribution in [0.3, 0.4) is 0 Å². The van der Waals surface area contributed by atoms with Gasteiger partial charge in [0.25, 0.3) is 11.5 Å². The first-order valence-electron chi connectivity index (χ1n) is 12.1. The second kappa shape index (κ2) is 11.1. The Morgan fingerprint density at radius 1 is 0.971 bits per heavy atom. The van der Waals surface area contributed by atoms with Gasteiger partial charge in [-0.05, 0) is 43.2 Å². The number of aromatic nitrogens is 2. The molecule has 0 N–H and O–H groups in total. The van der Waals surface area contributed by atoms with E-state index < -0.39 is 17.8 Å². The van der Waals surface area contributed by atoms with Crippen molar-refractivity contribution in [3.05, 3.63) is 112 Å². The van der Waals surface area contributed by atoms with E-state index in [1.165, 1.54) is 12.1 Å². The molecule has 0 saturated heterocycles. The van der Waals surface area contributed by atoms with Gasteiger partial charge in [-0.15, -0.1) is 0 Å². The summed E-state index contributed by atoms with van der Waals surface area (Å²) in [5, 5.41) is 0.525. The van der Waals surface area contributed by atoms with Gasteiger partial charge in [-0.2, -0.15) is 0 Å². The Labute approximate surface area is 204 Å². The normalized spacial score (nSPS) is 12.0. The lowest BCUT2D eigenvalue weighted by Gasteiger charge is -2.31. The summed E-state index contributed by atoms with van der Waals surface area (Å²) >= 11 is 0. The lowest BCUT2D eigenvalue weighted by molar-refractivity contribution is 0.0670. The lowest BCUT2D eigenvalue weighted by Crippen LogP contribution is -2.39. The van der Waals surface area contributed by atoms with Gasteiger partial charge in [0, 0.05) is 6.54 Å². The van der Waals surface area contributed by atoms with Crippen molar-refractivity contribution in [2.24, 2.45) is 0 Å². The number of amides is 1. The van der Waals surface area contributed by atoms with Gasteiger partial charge in [-0.25, -0.2) is 9.37 Å². The van der Waals surface area contributed by atoms with E-state index in [2.05, 4.69) is 6.92 Å². The van der Waals surface area contributed by atoms with Crippen molar-refractivity contribution in [2.75, 3.05) is 6.54 Å². The molecule has 180 valence electrons. The van der Waals surface area contributed by atoms with Crippen LogP contribution in [0, 0.1) is 5.82 Å². The number of carbonyl (C=O) groups excluding carboxylic acids is 1. The maximum absolute atomic E-state index is 14.6. The zero-order valence-electron chi connectivity index (χ0n) is 20.2. The second-order valence-electron chi connectivity index (χ2n) is 8.73. The van der Waals surface area contributed by atoms with Crippen LogP contribution in [0.2, 0.25) is 0 Å². The third kappa shape index (κ3) is 5.32. The number of unbranched alkanes of at least 4 members (excludes halogenated alkanes) is 2. The Hall–Kier alpha value is -3.80. The van der Waals surface area contributed by atoms with E-state index in [0.29, 0.717) is 29.8 Å². The molecule has 4 aromatic rings. The van der Waals surface area contributed by atoms with Crippen LogP contribution >= 0.6 is 0 Å². The second-order valence-corrected chi connectivity index (χ2v) is 8.73. The Kier molecular flexibility index (Phi) is 7.70. The summed E-state index contributed by atoms with van der Waals surface area (Å²) in [7, 11) is 0. The molecule has 0 saturated carbocycles. The van der Waals surface area contributed by atoms with Gasteiger partial charge in [0.1, 0.15) is 11.6 Å². The first-order valence-corrected chi connectivity index (χ1v) is 12.1. The molecule has 3 aromatic carbocycles. The smallest absolute Gasteiger partial charge is 0.261 e. The number of hydrogen-bond acceptors (Lipinski definition) is 3. The fourth-order valence-electron chi connectivity index (χ4n) is 4.35. The molecule has 35 heavy (non-hydrogen) atoms. The summed E-state index contributed by atoms with van der Waals surface area (Å²) in [5.41, 5.74) is 1.40. The van der Waals surface area contributed by atoms with Crippen molar-refractivity contribution < 1.29 is 9.18 Å². The molecule has 0 fully saturated rings. The van der Waals surface area contributed by atoms with Crippen molar-refractivity contribution in [1.82, 2.24) is 14.5 Å². The molecular weight excluding hydrogens is 441 g/mol. The molecule has 0 bridgehead atoms. The maximum atomic E-state index is 14.6. The van der Waals surface area contributed by atoms with E-state index in [1.807, 2.05) is 49.4 Å². The molecule has 0 spiro atoms. The van der Waals surface area contributed by atoms with Gasteiger partial charge >= 0.3 is 0 Å². The molecule has 4 rings (SSSR count). The quantitative estimate of drug-likeness (QED) is 0.282. The number of nitrogens with zero attached hydrogens (tertiary/aromatic N) is 3. The molecule has 5 nitrogen and oxygen atoms in total. The first kappa shape index (κ1) is 24.3. The fourth-order valence-corrected chi connectivity index (χ4v) is 4.35. The number of benzene rings is 3. The average molecular weight is 472 g/mol. The van der Waals surface area contributed by atoms with Crippen LogP contribution in [0.4, 0.5) is 4.39 Å². The van der Waals surface area contributed by atoms with Crippen molar-refractivity contribution in [1.29, 1.82) is 0 Å². The predicted octanol–water partition coefficient (Wildman–Crippen LogP) is 5.98. The minimum Gasteiger partial charge on any atom is -0.329 e. The number of fused-ring (bicyclic) bond motifs is 1. The molecule has 1 aromatic heterocycles. The van der Waals surface area contributed by atoms with Crippen LogP contribution in [-0.4, -0.2) is 26.9 Å². The Morgan fingerprint density at radius 3 is 2.40 bits per heavy atom. The van der Waals surface area contributed by atoms with Crippen LogP contribution in [0.25, 0.3) is 10.9 Å². The van der Waals surface area contributed by atoms with Gasteiger partial charge < -0.3 is 4.90 Å². The van der Waals surface area contributed by atoms with Crippen molar-refractivity contribution in [2.45, 2.75) is 45.7 Å². The van der Waals surface area contributed by atoms with Crippen LogP contribution in [0.15, 0.2) is 83.7 Å². The number of halogens is 1. The summed E-state index contributed by atoms with van der Waals surface area (Å²) in [4.78, 5) is 33.7. The largest absolute Gasteiger partial charge is 0.329 e. The highest BCUT2D eigenvalue weighted by molar-refractivity contribution is 5.94. The van der Waals surface area contributed by atoms with Gasteiger partial charge in [-0.1, -0.05) is 74.4 Å². The molecular formula is C29H30FN3O2. The van der Waals surface area contributed by atoms with Crippen molar-refractivity contribution in [3.8, 4) is 0 Å². The van der Waals surface area contributed by atoms with Crippen molar-refractivity contribution in [3.63, 3.8) is 0 Å². The number of hydrogen-bond donors (Lipinski definition) is 0. The van der Waals surface area contributed by atoms with E-state index in [0.717, 1.165) is 24.8 Å². The molecule has 1 heterocycles. The summed E-state index contributed by atoms with van der Waals surface area (Å²) in [6.45, 7) is 4.72. The fraction of sp³-hybridized carbons (Fsp3) is 0.276. The van der Waals surface area contributed by atoms with E-state index in [-0.39, 0.29) is 11.1 Å². The highest BCUT2D eigenvalue weighted by atomic mass is 19.1. The molecule has 0 radical (unpaired) electrons. The lowest BCUT2D eigenvalue weighted by atomic mass is 10.1. The van der Waals surface area contributed by atoms with Crippen LogP contribution in [0.1, 0.15) is 60.9 Å². The van der Waals surface area contributed by atoms with Gasteiger partial charge in [0.05, 0.1) is 29.1 Å². The number of para-hydroxylation sites is 1. The van der Waals surface area contributed by atoms with E-state index in [1.54, 1.807) is 33.7 Å². The number of carbonyl (C=O) groups is 1. The van der Waals surface area contributed by atoms with Crippen LogP contribution in [0.5, 0.6) is 0 Å². The molecule has 0 aliphatic heterocycles. The molecule has 1 amide bonds. The third-order valence-corrected chi connectivity index (χ3v) is 6.28. The zero-order chi connectivity index (χ0) is 24.8. The summed E-state index contributed by atoms with van der Waals surface area (Å²) in [6.07, 6.45) is 2.70. The highest BCUT2D eigenvalue weighted by Crippen LogP contribution is 2.24. The van der Waals surface area contributed by atoms with Crippen LogP contribution in [-0.2, 0) is 6.54 Å². The highest BCUT2D eigenvalue weighted by Gasteiger charge is 2.28. The SMILES string of the molecule is CCCCCN(C(=O)c1ccccc1F)C(C)c1nc2ccccc2c(=O)n1Cc1ccccc1. The monoisotopic (exact) mass is 471 g/mol. The molecule has 6 heteroatoms. The maximum Gasteiger partial charge on any atom is 0.261 e. The minimum absolute atomic E-state index is 0.0218. The summed E-state index contributed by atoms with van der Waals surface area (Å²) in [5.74, 6) is -0.475. The van der Waals surface area contributed by atoms with Gasteiger partial charge in [0.2, 0.25) is 0 Å². The van der Waals surface area contributed by atoms with E-state index in [4.69, 9.17) is 4.98 Å². The Morgan fingerprint density at radius 2 is 1.66 bits per heavy atom. The van der Waals surface area contributed by atoms with Crippen molar-refractivity contribution >= 4 is 16.8 Å². The first-order chi connectivity index (χ1) is 17.0. The average Bonchev–Trinajstić information content (AvgIpc) is 2.88. The van der Waals surface area contributed by atoms with Gasteiger partial charge in [-0.3, -0.25) is 14.2 Å². The molecule has 1 unspecified atom stereocenters. The summed E-state index contributed by atoms with van der Waals surface area (Å²) in [6, 6.07) is 22.4. The molecule has 1 atom stereocenters. The molecule has 0 aliphatic carbocycles. The van der Waals surface area contributed by atoms with E-state index >= 15 is 0 Å². The van der Waals surface area contributed by atoms with E-state index in [9.17, 15) is 14.0 Å². The van der Waals surface area contributed by atoms with Gasteiger partial charge in [0.15, 0.2) is 0 Å². The Bertz CT molecular complexity index is 1370. The number of rotatable bonds is 9.